The molecule has 1 fully saturated rings. The first-order valence-electron chi connectivity index (χ1n) is 6.90. The Morgan fingerprint density at radius 1 is 1.37 bits per heavy atom. The summed E-state index contributed by atoms with van der Waals surface area (Å²) in [7, 11) is 0. The van der Waals surface area contributed by atoms with E-state index in [4.69, 9.17) is 17.3 Å². The maximum absolute atomic E-state index is 6.14. The maximum atomic E-state index is 6.14. The lowest BCUT2D eigenvalue weighted by Gasteiger charge is -2.39. The van der Waals surface area contributed by atoms with Crippen LogP contribution in [0.5, 0.6) is 0 Å². The predicted octanol–water partition coefficient (Wildman–Crippen LogP) is 1.38. The van der Waals surface area contributed by atoms with Crippen molar-refractivity contribution in [2.45, 2.75) is 25.8 Å². The molecule has 0 aliphatic carbocycles. The molecule has 106 valence electrons. The van der Waals surface area contributed by atoms with Crippen molar-refractivity contribution in [1.82, 2.24) is 14.9 Å². The van der Waals surface area contributed by atoms with Crippen LogP contribution in [-0.4, -0.2) is 53.6 Å². The lowest BCUT2D eigenvalue weighted by molar-refractivity contribution is 0.173. The molecule has 1 aromatic heterocycles. The molecule has 0 spiro atoms. The van der Waals surface area contributed by atoms with Gasteiger partial charge in [0.25, 0.3) is 0 Å². The smallest absolute Gasteiger partial charge is 0.150 e. The molecule has 2 N–H and O–H groups in total. The Hall–Kier alpha value is -0.910. The van der Waals surface area contributed by atoms with Crippen LogP contribution >= 0.6 is 11.6 Å². The second-order valence-corrected chi connectivity index (χ2v) is 5.26. The van der Waals surface area contributed by atoms with E-state index in [2.05, 4.69) is 26.7 Å². The van der Waals surface area contributed by atoms with E-state index < -0.39 is 0 Å². The molecule has 1 saturated heterocycles. The highest BCUT2D eigenvalue weighted by Crippen LogP contribution is 2.23. The zero-order chi connectivity index (χ0) is 13.7. The van der Waals surface area contributed by atoms with Gasteiger partial charge < -0.3 is 10.6 Å². The summed E-state index contributed by atoms with van der Waals surface area (Å²) in [5.41, 5.74) is 5.68. The summed E-state index contributed by atoms with van der Waals surface area (Å²) in [5.74, 6) is 0.850. The fraction of sp³-hybridized carbons (Fsp3) is 0.692. The van der Waals surface area contributed by atoms with Crippen molar-refractivity contribution in [3.63, 3.8) is 0 Å². The molecule has 1 aromatic rings. The van der Waals surface area contributed by atoms with Crippen LogP contribution < -0.4 is 10.6 Å². The van der Waals surface area contributed by atoms with Gasteiger partial charge in [0.1, 0.15) is 11.3 Å². The lowest BCUT2D eigenvalue weighted by Crippen LogP contribution is -2.51. The van der Waals surface area contributed by atoms with Crippen molar-refractivity contribution in [2.75, 3.05) is 37.6 Å². The van der Waals surface area contributed by atoms with Crippen LogP contribution in [0.1, 0.15) is 19.8 Å². The maximum Gasteiger partial charge on any atom is 0.150 e. The van der Waals surface area contributed by atoms with Crippen molar-refractivity contribution in [2.24, 2.45) is 5.73 Å². The monoisotopic (exact) mass is 283 g/mol. The molecule has 1 atom stereocenters. The second-order valence-electron chi connectivity index (χ2n) is 4.86. The SMILES string of the molecule is CCC(CCN)N1CCN(c2ncncc2Cl)CC1. The fourth-order valence-electron chi connectivity index (χ4n) is 2.68. The highest BCUT2D eigenvalue weighted by Gasteiger charge is 2.23. The van der Waals surface area contributed by atoms with Crippen LogP contribution in [0.2, 0.25) is 5.02 Å². The van der Waals surface area contributed by atoms with E-state index >= 15 is 0 Å². The van der Waals surface area contributed by atoms with Crippen molar-refractivity contribution < 1.29 is 0 Å². The third-order valence-corrected chi connectivity index (χ3v) is 4.02. The molecular formula is C13H22ClN5. The predicted molar refractivity (Wildman–Crippen MR) is 78.6 cm³/mol. The van der Waals surface area contributed by atoms with E-state index in [-0.39, 0.29) is 0 Å². The summed E-state index contributed by atoms with van der Waals surface area (Å²) in [6.45, 7) is 6.98. The van der Waals surface area contributed by atoms with Crippen LogP contribution in [0, 0.1) is 0 Å². The standard InChI is InChI=1S/C13H22ClN5/c1-2-11(3-4-15)18-5-7-19(8-6-18)13-12(14)9-16-10-17-13/h9-11H,2-8,15H2,1H3. The van der Waals surface area contributed by atoms with Crippen molar-refractivity contribution in [1.29, 1.82) is 0 Å². The average molecular weight is 284 g/mol. The quantitative estimate of drug-likeness (QED) is 0.885. The number of anilines is 1. The van der Waals surface area contributed by atoms with Crippen molar-refractivity contribution in [3.8, 4) is 0 Å². The number of nitrogens with two attached hydrogens (primary N) is 1. The number of piperazine rings is 1. The minimum Gasteiger partial charge on any atom is -0.353 e. The minimum absolute atomic E-state index is 0.605. The molecule has 2 rings (SSSR count). The molecule has 0 bridgehead atoms. The molecule has 6 heteroatoms. The van der Waals surface area contributed by atoms with Gasteiger partial charge in [0.2, 0.25) is 0 Å². The van der Waals surface area contributed by atoms with E-state index in [0.29, 0.717) is 11.1 Å². The zero-order valence-electron chi connectivity index (χ0n) is 11.4. The number of aromatic nitrogens is 2. The molecule has 0 saturated carbocycles. The molecule has 0 radical (unpaired) electrons. The van der Waals surface area contributed by atoms with Gasteiger partial charge in [-0.2, -0.15) is 0 Å². The third-order valence-electron chi connectivity index (χ3n) is 3.75. The van der Waals surface area contributed by atoms with Gasteiger partial charge in [-0.25, -0.2) is 9.97 Å². The van der Waals surface area contributed by atoms with Gasteiger partial charge in [0.15, 0.2) is 5.82 Å². The lowest BCUT2D eigenvalue weighted by atomic mass is 10.1. The molecule has 5 nitrogen and oxygen atoms in total. The first-order chi connectivity index (χ1) is 9.26. The molecule has 0 amide bonds. The average Bonchev–Trinajstić information content (AvgIpc) is 2.46. The van der Waals surface area contributed by atoms with Crippen LogP contribution in [0.3, 0.4) is 0 Å². The minimum atomic E-state index is 0.605. The van der Waals surface area contributed by atoms with E-state index in [1.54, 1.807) is 12.5 Å². The normalized spacial score (nSPS) is 18.6. The number of rotatable bonds is 5. The number of nitrogens with zero attached hydrogens (tertiary/aromatic N) is 4. The Labute approximate surface area is 119 Å². The summed E-state index contributed by atoms with van der Waals surface area (Å²) in [5, 5.41) is 0.630. The van der Waals surface area contributed by atoms with Crippen LogP contribution in [0.25, 0.3) is 0 Å². The molecular weight excluding hydrogens is 262 g/mol. The Bertz CT molecular complexity index is 392. The van der Waals surface area contributed by atoms with Gasteiger partial charge in [0.05, 0.1) is 6.20 Å². The van der Waals surface area contributed by atoms with Gasteiger partial charge in [-0.1, -0.05) is 18.5 Å². The Morgan fingerprint density at radius 3 is 2.68 bits per heavy atom. The number of hydrogen-bond donors (Lipinski definition) is 1. The van der Waals surface area contributed by atoms with Crippen molar-refractivity contribution >= 4 is 17.4 Å². The van der Waals surface area contributed by atoms with E-state index in [0.717, 1.165) is 51.4 Å². The Kier molecular flexibility index (Phi) is 5.36. The van der Waals surface area contributed by atoms with Gasteiger partial charge >= 0.3 is 0 Å². The zero-order valence-corrected chi connectivity index (χ0v) is 12.2. The van der Waals surface area contributed by atoms with Crippen LogP contribution in [0.15, 0.2) is 12.5 Å². The molecule has 1 aliphatic rings. The molecule has 1 aliphatic heterocycles. The first-order valence-corrected chi connectivity index (χ1v) is 7.28. The summed E-state index contributed by atoms with van der Waals surface area (Å²) in [6.07, 6.45) is 5.44. The largest absolute Gasteiger partial charge is 0.353 e. The molecule has 2 heterocycles. The number of hydrogen-bond acceptors (Lipinski definition) is 5. The topological polar surface area (TPSA) is 58.3 Å². The third kappa shape index (κ3) is 3.55. The van der Waals surface area contributed by atoms with Gasteiger partial charge in [0, 0.05) is 32.2 Å². The highest BCUT2D eigenvalue weighted by molar-refractivity contribution is 6.32. The van der Waals surface area contributed by atoms with E-state index in [9.17, 15) is 0 Å². The summed E-state index contributed by atoms with van der Waals surface area (Å²) >= 11 is 6.14. The summed E-state index contributed by atoms with van der Waals surface area (Å²) in [4.78, 5) is 13.0. The van der Waals surface area contributed by atoms with Gasteiger partial charge in [-0.15, -0.1) is 0 Å². The highest BCUT2D eigenvalue weighted by atomic mass is 35.5. The Balaban J connectivity index is 1.94. The van der Waals surface area contributed by atoms with Crippen molar-refractivity contribution in [3.05, 3.63) is 17.5 Å². The first kappa shape index (κ1) is 14.5. The van der Waals surface area contributed by atoms with Gasteiger partial charge in [-0.05, 0) is 19.4 Å². The van der Waals surface area contributed by atoms with E-state index in [1.165, 1.54) is 0 Å². The summed E-state index contributed by atoms with van der Waals surface area (Å²) in [6, 6.07) is 0.605. The fourth-order valence-corrected chi connectivity index (χ4v) is 2.90. The van der Waals surface area contributed by atoms with Gasteiger partial charge in [-0.3, -0.25) is 4.90 Å². The second kappa shape index (κ2) is 7.03. The van der Waals surface area contributed by atoms with Crippen LogP contribution in [-0.2, 0) is 0 Å². The summed E-state index contributed by atoms with van der Waals surface area (Å²) < 4.78 is 0. The van der Waals surface area contributed by atoms with E-state index in [1.807, 2.05) is 0 Å². The molecule has 1 unspecified atom stereocenters. The molecule has 0 aromatic carbocycles. The number of halogens is 1. The molecule has 19 heavy (non-hydrogen) atoms. The van der Waals surface area contributed by atoms with Crippen LogP contribution in [0.4, 0.5) is 5.82 Å². The Morgan fingerprint density at radius 2 is 2.11 bits per heavy atom.